The van der Waals surface area contributed by atoms with E-state index >= 15 is 0 Å². The van der Waals surface area contributed by atoms with Crippen molar-refractivity contribution in [2.45, 2.75) is 37.0 Å². The molecule has 0 radical (unpaired) electrons. The zero-order chi connectivity index (χ0) is 18.2. The van der Waals surface area contributed by atoms with E-state index in [9.17, 15) is 22.7 Å². The largest absolute Gasteiger partial charge is 0.377 e. The maximum atomic E-state index is 15.0. The summed E-state index contributed by atoms with van der Waals surface area (Å²) in [6.07, 6.45) is 3.39. The van der Waals surface area contributed by atoms with Crippen LogP contribution in [0.5, 0.6) is 0 Å². The van der Waals surface area contributed by atoms with Crippen LogP contribution in [0.15, 0.2) is 30.9 Å². The number of alkyl halides is 2. The molecular formula is C15H17Cl2F4N5O. The highest BCUT2D eigenvalue weighted by Crippen LogP contribution is 2.41. The van der Waals surface area contributed by atoms with Gasteiger partial charge in [-0.2, -0.15) is 13.9 Å². The normalized spacial score (nSPS) is 15.9. The summed E-state index contributed by atoms with van der Waals surface area (Å²) in [5.41, 5.74) is -4.01. The number of nitrogens with one attached hydrogen (secondary N) is 2. The number of amidine groups is 1. The van der Waals surface area contributed by atoms with Gasteiger partial charge in [0.1, 0.15) is 24.3 Å². The van der Waals surface area contributed by atoms with Crippen molar-refractivity contribution < 1.29 is 22.7 Å². The monoisotopic (exact) mass is 429 g/mol. The van der Waals surface area contributed by atoms with E-state index in [-0.39, 0.29) is 30.9 Å². The molecule has 1 saturated carbocycles. The highest BCUT2D eigenvalue weighted by atomic mass is 35.5. The molecule has 27 heavy (non-hydrogen) atoms. The Morgan fingerprint density at radius 2 is 1.96 bits per heavy atom. The molecule has 1 aromatic heterocycles. The van der Waals surface area contributed by atoms with E-state index in [2.05, 4.69) is 15.4 Å². The first-order valence-corrected chi connectivity index (χ1v) is 7.48. The Kier molecular flexibility index (Phi) is 7.20. The van der Waals surface area contributed by atoms with Crippen LogP contribution in [0.25, 0.3) is 0 Å². The van der Waals surface area contributed by atoms with E-state index in [1.807, 2.05) is 0 Å². The first kappa shape index (κ1) is 23.1. The number of aliphatic hydroxyl groups is 1. The van der Waals surface area contributed by atoms with Gasteiger partial charge in [0, 0.05) is 17.7 Å². The highest BCUT2D eigenvalue weighted by molar-refractivity contribution is 5.88. The fourth-order valence-electron chi connectivity index (χ4n) is 2.46. The third-order valence-electron chi connectivity index (χ3n) is 3.99. The van der Waals surface area contributed by atoms with Gasteiger partial charge in [-0.05, 0) is 25.0 Å². The van der Waals surface area contributed by atoms with Crippen LogP contribution in [0, 0.1) is 17.0 Å². The molecule has 2 aromatic rings. The van der Waals surface area contributed by atoms with Crippen molar-refractivity contribution in [2.24, 2.45) is 0 Å². The summed E-state index contributed by atoms with van der Waals surface area (Å²) >= 11 is 0. The topological polar surface area (TPSA) is 86.8 Å². The second-order valence-corrected chi connectivity index (χ2v) is 5.95. The van der Waals surface area contributed by atoms with E-state index in [0.29, 0.717) is 18.9 Å². The molecule has 0 aliphatic heterocycles. The van der Waals surface area contributed by atoms with Gasteiger partial charge in [0.2, 0.25) is 0 Å². The lowest BCUT2D eigenvalue weighted by atomic mass is 9.85. The summed E-state index contributed by atoms with van der Waals surface area (Å²) in [6, 6.07) is 1.63. The van der Waals surface area contributed by atoms with Gasteiger partial charge in [0.15, 0.2) is 11.4 Å². The number of hydrogen-bond acceptors (Lipinski definition) is 4. The van der Waals surface area contributed by atoms with Gasteiger partial charge in [0.25, 0.3) is 0 Å². The van der Waals surface area contributed by atoms with Crippen molar-refractivity contribution in [3.8, 4) is 0 Å². The molecule has 150 valence electrons. The third-order valence-corrected chi connectivity index (χ3v) is 3.99. The zero-order valence-corrected chi connectivity index (χ0v) is 15.3. The molecule has 1 unspecified atom stereocenters. The van der Waals surface area contributed by atoms with Crippen LogP contribution < -0.4 is 5.32 Å². The van der Waals surface area contributed by atoms with E-state index in [1.54, 1.807) is 0 Å². The van der Waals surface area contributed by atoms with E-state index in [0.717, 1.165) is 29.5 Å². The van der Waals surface area contributed by atoms with Crippen molar-refractivity contribution in [1.82, 2.24) is 20.1 Å². The minimum Gasteiger partial charge on any atom is -0.377 e. The lowest BCUT2D eigenvalue weighted by Gasteiger charge is -2.36. The minimum atomic E-state index is -4.18. The Bertz CT molecular complexity index is 789. The smallest absolute Gasteiger partial charge is 0.337 e. The minimum absolute atomic E-state index is 0. The van der Waals surface area contributed by atoms with Gasteiger partial charge in [-0.15, -0.1) is 24.8 Å². The Labute approximate surface area is 164 Å². The molecule has 3 rings (SSSR count). The molecule has 0 spiro atoms. The van der Waals surface area contributed by atoms with Crippen molar-refractivity contribution in [3.05, 3.63) is 48.1 Å². The lowest BCUT2D eigenvalue weighted by Crippen LogP contribution is -2.57. The Morgan fingerprint density at radius 3 is 2.48 bits per heavy atom. The summed E-state index contributed by atoms with van der Waals surface area (Å²) in [4.78, 5) is 3.59. The molecule has 1 fully saturated rings. The molecule has 1 aromatic carbocycles. The quantitative estimate of drug-likeness (QED) is 0.374. The molecule has 3 N–H and O–H groups in total. The van der Waals surface area contributed by atoms with Gasteiger partial charge < -0.3 is 10.4 Å². The van der Waals surface area contributed by atoms with Crippen LogP contribution in [0.2, 0.25) is 0 Å². The Hall–Kier alpha value is -1.91. The van der Waals surface area contributed by atoms with E-state index in [4.69, 9.17) is 5.41 Å². The number of aromatic nitrogens is 3. The van der Waals surface area contributed by atoms with Crippen LogP contribution >= 0.6 is 24.8 Å². The molecule has 12 heteroatoms. The van der Waals surface area contributed by atoms with Gasteiger partial charge in [-0.3, -0.25) is 5.41 Å². The second-order valence-electron chi connectivity index (χ2n) is 5.95. The van der Waals surface area contributed by atoms with Gasteiger partial charge in [-0.1, -0.05) is 0 Å². The van der Waals surface area contributed by atoms with Gasteiger partial charge in [0.05, 0.1) is 6.54 Å². The van der Waals surface area contributed by atoms with Gasteiger partial charge >= 0.3 is 5.92 Å². The van der Waals surface area contributed by atoms with E-state index in [1.165, 1.54) is 0 Å². The van der Waals surface area contributed by atoms with Crippen LogP contribution in [0.3, 0.4) is 0 Å². The predicted octanol–water partition coefficient (Wildman–Crippen LogP) is 2.65. The molecule has 1 heterocycles. The van der Waals surface area contributed by atoms with Crippen LogP contribution in [0.4, 0.5) is 17.6 Å². The maximum Gasteiger partial charge on any atom is 0.337 e. The maximum absolute atomic E-state index is 15.0. The molecule has 6 nitrogen and oxygen atoms in total. The molecule has 0 amide bonds. The molecule has 1 aliphatic carbocycles. The number of rotatable bonds is 6. The molecule has 0 saturated heterocycles. The van der Waals surface area contributed by atoms with Crippen molar-refractivity contribution in [3.63, 3.8) is 0 Å². The molecule has 1 aliphatic rings. The fourth-order valence-corrected chi connectivity index (χ4v) is 2.46. The van der Waals surface area contributed by atoms with E-state index < -0.39 is 41.1 Å². The van der Waals surface area contributed by atoms with Crippen molar-refractivity contribution >= 4 is 30.6 Å². The summed E-state index contributed by atoms with van der Waals surface area (Å²) in [5.74, 6) is -7.73. The zero-order valence-electron chi connectivity index (χ0n) is 13.7. The van der Waals surface area contributed by atoms with Crippen LogP contribution in [-0.4, -0.2) is 37.7 Å². The molecule has 1 atom stereocenters. The van der Waals surface area contributed by atoms with Crippen molar-refractivity contribution in [1.29, 1.82) is 5.41 Å². The summed E-state index contributed by atoms with van der Waals surface area (Å²) < 4.78 is 58.1. The average molecular weight is 430 g/mol. The number of hydrogen-bond donors (Lipinski definition) is 3. The molecular weight excluding hydrogens is 413 g/mol. The second kappa shape index (κ2) is 8.41. The predicted molar refractivity (Wildman–Crippen MR) is 93.6 cm³/mol. The lowest BCUT2D eigenvalue weighted by molar-refractivity contribution is -0.157. The van der Waals surface area contributed by atoms with Gasteiger partial charge in [-0.25, -0.2) is 18.4 Å². The highest BCUT2D eigenvalue weighted by Gasteiger charge is 2.59. The fraction of sp³-hybridized carbons (Fsp3) is 0.400. The Morgan fingerprint density at radius 1 is 1.30 bits per heavy atom. The van der Waals surface area contributed by atoms with Crippen LogP contribution in [-0.2, 0) is 12.1 Å². The van der Waals surface area contributed by atoms with Crippen molar-refractivity contribution in [2.75, 3.05) is 0 Å². The standard InChI is InChI=1S/C15H15F4N5O.2ClH/c16-9-1-4-11(12(17)5-9)14(25,6-24-8-21-7-22-24)15(18,19)13(20)23-10-2-3-10;;/h1,4-5,7-8,10,25H,2-3,6H2,(H2,20,23);2*1H. The summed E-state index contributed by atoms with van der Waals surface area (Å²) in [5, 5.41) is 24.4. The third kappa shape index (κ3) is 4.50. The number of benzene rings is 1. The summed E-state index contributed by atoms with van der Waals surface area (Å²) in [7, 11) is 0. The molecule has 0 bridgehead atoms. The first-order valence-electron chi connectivity index (χ1n) is 7.48. The summed E-state index contributed by atoms with van der Waals surface area (Å²) in [6.45, 7) is -0.878. The Balaban J connectivity index is 0.00000182. The number of nitrogens with zero attached hydrogens (tertiary/aromatic N) is 3. The average Bonchev–Trinajstić information content (AvgIpc) is 3.20. The van der Waals surface area contributed by atoms with Crippen LogP contribution in [0.1, 0.15) is 18.4 Å². The first-order chi connectivity index (χ1) is 11.7. The SMILES string of the molecule is Cl.Cl.N=C(NC1CC1)C(F)(F)C(O)(Cn1cncn1)c1ccc(F)cc1F. The number of halogens is 6.